The van der Waals surface area contributed by atoms with Gasteiger partial charge in [0.25, 0.3) is 0 Å². The fourth-order valence-corrected chi connectivity index (χ4v) is 4.16. The van der Waals surface area contributed by atoms with Gasteiger partial charge in [-0.25, -0.2) is 4.79 Å². The van der Waals surface area contributed by atoms with Crippen molar-refractivity contribution < 1.29 is 21.8 Å². The minimum Gasteiger partial charge on any atom is -0.497 e. The summed E-state index contributed by atoms with van der Waals surface area (Å²) in [4.78, 5) is 12.5. The summed E-state index contributed by atoms with van der Waals surface area (Å²) in [5.41, 5.74) is 1.73. The van der Waals surface area contributed by atoms with Crippen molar-refractivity contribution in [2.45, 2.75) is 11.8 Å². The molecule has 0 fully saturated rings. The molecule has 0 aliphatic carbocycles. The number of ether oxygens (including phenoxy) is 1. The quantitative estimate of drug-likeness (QED) is 0.347. The first-order chi connectivity index (χ1) is 14.4. The van der Waals surface area contributed by atoms with E-state index in [4.69, 9.17) is 13.3 Å². The van der Waals surface area contributed by atoms with Gasteiger partial charge < -0.3 is 13.3 Å². The van der Waals surface area contributed by atoms with Crippen molar-refractivity contribution in [3.05, 3.63) is 88.8 Å². The maximum atomic E-state index is 12.6. The highest BCUT2D eigenvalue weighted by atomic mass is 32.2. The van der Waals surface area contributed by atoms with Crippen LogP contribution in [0, 0.1) is 6.92 Å². The number of fused-ring (bicyclic) bond motifs is 1. The summed E-state index contributed by atoms with van der Waals surface area (Å²) in [5.74, 6) is 0.660. The molecule has 0 amide bonds. The second-order valence-electron chi connectivity index (χ2n) is 6.63. The van der Waals surface area contributed by atoms with E-state index in [1.165, 1.54) is 31.4 Å². The van der Waals surface area contributed by atoms with Crippen LogP contribution in [0.25, 0.3) is 22.1 Å². The smallest absolute Gasteiger partial charge is 0.344 e. The van der Waals surface area contributed by atoms with Gasteiger partial charge in [0.15, 0.2) is 0 Å². The van der Waals surface area contributed by atoms with Crippen LogP contribution in [0.2, 0.25) is 0 Å². The summed E-state index contributed by atoms with van der Waals surface area (Å²) in [5, 5.41) is 0.593. The van der Waals surface area contributed by atoms with E-state index in [1.807, 2.05) is 30.3 Å². The first kappa shape index (κ1) is 19.7. The van der Waals surface area contributed by atoms with Crippen LogP contribution in [-0.2, 0) is 10.1 Å². The molecule has 0 spiro atoms. The fourth-order valence-electron chi connectivity index (χ4n) is 3.24. The molecule has 4 aromatic rings. The fraction of sp³-hybridized carbons (Fsp3) is 0.0870. The summed E-state index contributed by atoms with van der Waals surface area (Å²) in [6.07, 6.45) is 0. The molecule has 0 unspecified atom stereocenters. The van der Waals surface area contributed by atoms with Gasteiger partial charge >= 0.3 is 15.7 Å². The van der Waals surface area contributed by atoms with Crippen LogP contribution in [0.1, 0.15) is 5.56 Å². The number of methoxy groups -OCH3 is 1. The highest BCUT2D eigenvalue weighted by molar-refractivity contribution is 7.87. The molecule has 6 nitrogen and oxygen atoms in total. The Morgan fingerprint density at radius 2 is 1.53 bits per heavy atom. The van der Waals surface area contributed by atoms with E-state index in [0.717, 1.165) is 5.56 Å². The van der Waals surface area contributed by atoms with Crippen LogP contribution >= 0.6 is 0 Å². The summed E-state index contributed by atoms with van der Waals surface area (Å²) >= 11 is 0. The predicted octanol–water partition coefficient (Wildman–Crippen LogP) is 4.54. The number of aryl methyl sites for hydroxylation is 1. The van der Waals surface area contributed by atoms with Crippen molar-refractivity contribution in [2.24, 2.45) is 0 Å². The van der Waals surface area contributed by atoms with Crippen molar-refractivity contribution in [3.8, 4) is 22.6 Å². The van der Waals surface area contributed by atoms with Crippen LogP contribution in [0.4, 0.5) is 0 Å². The average molecular weight is 422 g/mol. The van der Waals surface area contributed by atoms with E-state index in [0.29, 0.717) is 27.8 Å². The molecular formula is C23H18O6S. The number of hydrogen-bond acceptors (Lipinski definition) is 6. The van der Waals surface area contributed by atoms with Gasteiger partial charge in [-0.1, -0.05) is 30.3 Å². The summed E-state index contributed by atoms with van der Waals surface area (Å²) in [7, 11) is -2.54. The minimum atomic E-state index is -4.04. The number of benzene rings is 3. The molecule has 0 atom stereocenters. The Morgan fingerprint density at radius 1 is 0.867 bits per heavy atom. The molecule has 7 heteroatoms. The van der Waals surface area contributed by atoms with Gasteiger partial charge in [0, 0.05) is 5.39 Å². The molecule has 0 saturated heterocycles. The topological polar surface area (TPSA) is 82.8 Å². The molecule has 0 radical (unpaired) electrons. The normalized spacial score (nSPS) is 11.4. The van der Waals surface area contributed by atoms with Crippen molar-refractivity contribution >= 4 is 21.1 Å². The molecule has 0 saturated carbocycles. The van der Waals surface area contributed by atoms with Gasteiger partial charge in [0.05, 0.1) is 12.7 Å². The third-order valence-corrected chi connectivity index (χ3v) is 6.01. The summed E-state index contributed by atoms with van der Waals surface area (Å²) in [6.45, 7) is 1.79. The van der Waals surface area contributed by atoms with Crippen LogP contribution in [0.3, 0.4) is 0 Å². The molecule has 1 heterocycles. The lowest BCUT2D eigenvalue weighted by Gasteiger charge is -2.11. The summed E-state index contributed by atoms with van der Waals surface area (Å²) in [6, 6.07) is 19.6. The Labute approximate surface area is 173 Å². The van der Waals surface area contributed by atoms with E-state index < -0.39 is 15.7 Å². The third-order valence-electron chi connectivity index (χ3n) is 4.75. The van der Waals surface area contributed by atoms with E-state index in [1.54, 1.807) is 25.1 Å². The molecule has 0 bridgehead atoms. The van der Waals surface area contributed by atoms with Gasteiger partial charge in [0.2, 0.25) is 0 Å². The van der Waals surface area contributed by atoms with E-state index >= 15 is 0 Å². The second-order valence-corrected chi connectivity index (χ2v) is 8.17. The number of hydrogen-bond donors (Lipinski definition) is 0. The highest BCUT2D eigenvalue weighted by Crippen LogP contribution is 2.30. The Balaban J connectivity index is 1.76. The maximum Gasteiger partial charge on any atom is 0.344 e. The molecule has 1 aromatic heterocycles. The first-order valence-electron chi connectivity index (χ1n) is 9.10. The van der Waals surface area contributed by atoms with Gasteiger partial charge in [-0.3, -0.25) is 0 Å². The van der Waals surface area contributed by atoms with Gasteiger partial charge in [-0.15, -0.1) is 0 Å². The van der Waals surface area contributed by atoms with Crippen LogP contribution in [0.15, 0.2) is 86.9 Å². The van der Waals surface area contributed by atoms with Gasteiger partial charge in [-0.2, -0.15) is 8.42 Å². The molecular weight excluding hydrogens is 404 g/mol. The van der Waals surface area contributed by atoms with Crippen LogP contribution < -0.4 is 14.5 Å². The molecule has 0 N–H and O–H groups in total. The van der Waals surface area contributed by atoms with E-state index in [2.05, 4.69) is 0 Å². The number of rotatable bonds is 5. The Hall–Kier alpha value is -3.58. The summed E-state index contributed by atoms with van der Waals surface area (Å²) < 4.78 is 41.1. The minimum absolute atomic E-state index is 0.00434. The predicted molar refractivity (Wildman–Crippen MR) is 113 cm³/mol. The maximum absolute atomic E-state index is 12.6. The molecule has 0 aliphatic heterocycles. The standard InChI is InChI=1S/C23H18O6S/c1-15-20-14-18(29-30(25,26)19-11-8-17(27-2)9-12-19)10-13-21(20)28-23(24)22(15)16-6-4-3-5-7-16/h3-14H,1-2H3. The van der Waals surface area contributed by atoms with Crippen molar-refractivity contribution in [2.75, 3.05) is 7.11 Å². The lowest BCUT2D eigenvalue weighted by molar-refractivity contribution is 0.414. The van der Waals surface area contributed by atoms with Crippen molar-refractivity contribution in [1.29, 1.82) is 0 Å². The van der Waals surface area contributed by atoms with Crippen LogP contribution in [-0.4, -0.2) is 15.5 Å². The van der Waals surface area contributed by atoms with Gasteiger partial charge in [-0.05, 0) is 60.5 Å². The zero-order valence-electron chi connectivity index (χ0n) is 16.3. The van der Waals surface area contributed by atoms with Crippen molar-refractivity contribution in [3.63, 3.8) is 0 Å². The monoisotopic (exact) mass is 422 g/mol. The first-order valence-corrected chi connectivity index (χ1v) is 10.5. The second kappa shape index (κ2) is 7.68. The van der Waals surface area contributed by atoms with E-state index in [9.17, 15) is 13.2 Å². The molecule has 152 valence electrons. The lowest BCUT2D eigenvalue weighted by atomic mass is 10.00. The van der Waals surface area contributed by atoms with Crippen molar-refractivity contribution in [1.82, 2.24) is 0 Å². The zero-order chi connectivity index (χ0) is 21.3. The SMILES string of the molecule is COc1ccc(S(=O)(=O)Oc2ccc3oc(=O)c(-c4ccccc4)c(C)c3c2)cc1. The molecule has 3 aromatic carbocycles. The Kier molecular flexibility index (Phi) is 5.05. The Bertz CT molecular complexity index is 1370. The highest BCUT2D eigenvalue weighted by Gasteiger charge is 2.19. The third kappa shape index (κ3) is 3.67. The van der Waals surface area contributed by atoms with E-state index in [-0.39, 0.29) is 10.6 Å². The van der Waals surface area contributed by atoms with Crippen LogP contribution in [0.5, 0.6) is 11.5 Å². The molecule has 0 aliphatic rings. The molecule has 4 rings (SSSR count). The zero-order valence-corrected chi connectivity index (χ0v) is 17.1. The Morgan fingerprint density at radius 3 is 2.20 bits per heavy atom. The largest absolute Gasteiger partial charge is 0.497 e. The van der Waals surface area contributed by atoms with Gasteiger partial charge in [0.1, 0.15) is 22.0 Å². The average Bonchev–Trinajstić information content (AvgIpc) is 2.75. The lowest BCUT2D eigenvalue weighted by Crippen LogP contribution is -2.10. The molecule has 30 heavy (non-hydrogen) atoms.